The second-order valence-corrected chi connectivity index (χ2v) is 6.47. The highest BCUT2D eigenvalue weighted by atomic mass is 32.1. The third-order valence-corrected chi connectivity index (χ3v) is 4.70. The lowest BCUT2D eigenvalue weighted by Gasteiger charge is -2.35. The van der Waals surface area contributed by atoms with E-state index in [2.05, 4.69) is 22.8 Å². The van der Waals surface area contributed by atoms with Gasteiger partial charge in [0.2, 0.25) is 0 Å². The molecule has 2 saturated heterocycles. The lowest BCUT2D eigenvalue weighted by Crippen LogP contribution is -2.50. The van der Waals surface area contributed by atoms with E-state index in [-0.39, 0.29) is 12.0 Å². The Kier molecular flexibility index (Phi) is 4.52. The van der Waals surface area contributed by atoms with Crippen molar-refractivity contribution in [3.8, 4) is 0 Å². The number of rotatable bonds is 3. The number of ether oxygens (including phenoxy) is 1. The van der Waals surface area contributed by atoms with E-state index in [1.54, 1.807) is 0 Å². The Morgan fingerprint density at radius 2 is 2.38 bits per heavy atom. The predicted molar refractivity (Wildman–Crippen MR) is 85.1 cm³/mol. The molecular formula is C16H22N2O2S. The summed E-state index contributed by atoms with van der Waals surface area (Å²) in [4.78, 5) is 15.6. The fraction of sp³-hybridized carbons (Fsp3) is 0.562. The molecule has 2 unspecified atom stereocenters. The molecule has 0 aliphatic carbocycles. The second-order valence-electron chi connectivity index (χ2n) is 5.96. The predicted octanol–water partition coefficient (Wildman–Crippen LogP) is 1.88. The van der Waals surface area contributed by atoms with E-state index < -0.39 is 0 Å². The van der Waals surface area contributed by atoms with Crippen LogP contribution in [0.5, 0.6) is 0 Å². The van der Waals surface area contributed by atoms with Crippen LogP contribution in [0.15, 0.2) is 23.1 Å². The zero-order chi connectivity index (χ0) is 14.8. The highest BCUT2D eigenvalue weighted by Gasteiger charge is 2.32. The minimum Gasteiger partial charge on any atom is -0.373 e. The Labute approximate surface area is 131 Å². The summed E-state index contributed by atoms with van der Waals surface area (Å²) in [6, 6.07) is 6.22. The number of benzene rings is 1. The molecule has 2 aliphatic rings. The normalized spacial score (nSPS) is 25.6. The summed E-state index contributed by atoms with van der Waals surface area (Å²) in [5.41, 5.74) is 1.66. The van der Waals surface area contributed by atoms with Gasteiger partial charge in [-0.2, -0.15) is 0 Å². The summed E-state index contributed by atoms with van der Waals surface area (Å²) in [6.07, 6.45) is 2.61. The van der Waals surface area contributed by atoms with Gasteiger partial charge in [-0.1, -0.05) is 6.07 Å². The number of morpholine rings is 1. The van der Waals surface area contributed by atoms with Gasteiger partial charge in [0.25, 0.3) is 5.91 Å². The molecule has 1 aromatic rings. The molecule has 114 valence electrons. The number of nitrogens with zero attached hydrogens (tertiary/aromatic N) is 1. The van der Waals surface area contributed by atoms with Crippen molar-refractivity contribution < 1.29 is 9.53 Å². The maximum absolute atomic E-state index is 12.3. The lowest BCUT2D eigenvalue weighted by molar-refractivity contribution is -0.0461. The molecule has 2 heterocycles. The van der Waals surface area contributed by atoms with E-state index in [0.29, 0.717) is 18.2 Å². The smallest absolute Gasteiger partial charge is 0.251 e. The molecule has 0 radical (unpaired) electrons. The minimum absolute atomic E-state index is 0.0458. The van der Waals surface area contributed by atoms with Gasteiger partial charge in [-0.15, -0.1) is 12.6 Å². The molecule has 1 N–H and O–H groups in total. The number of hydrogen-bond acceptors (Lipinski definition) is 4. The molecule has 0 bridgehead atoms. The van der Waals surface area contributed by atoms with Crippen molar-refractivity contribution in [2.24, 2.45) is 0 Å². The molecule has 2 fully saturated rings. The van der Waals surface area contributed by atoms with Gasteiger partial charge >= 0.3 is 0 Å². The van der Waals surface area contributed by atoms with Crippen LogP contribution in [-0.4, -0.2) is 49.2 Å². The first-order chi connectivity index (χ1) is 10.1. The van der Waals surface area contributed by atoms with Gasteiger partial charge in [0.1, 0.15) is 0 Å². The van der Waals surface area contributed by atoms with Crippen LogP contribution >= 0.6 is 12.6 Å². The number of hydrogen-bond donors (Lipinski definition) is 2. The Morgan fingerprint density at radius 3 is 3.24 bits per heavy atom. The third-order valence-electron chi connectivity index (χ3n) is 4.42. The van der Waals surface area contributed by atoms with Crippen molar-refractivity contribution in [1.82, 2.24) is 10.2 Å². The van der Waals surface area contributed by atoms with E-state index in [4.69, 9.17) is 4.74 Å². The molecule has 4 nitrogen and oxygen atoms in total. The van der Waals surface area contributed by atoms with E-state index >= 15 is 0 Å². The molecule has 3 rings (SSSR count). The quantitative estimate of drug-likeness (QED) is 0.838. The first-order valence-electron chi connectivity index (χ1n) is 7.57. The maximum atomic E-state index is 12.3. The second kappa shape index (κ2) is 6.38. The molecular weight excluding hydrogens is 284 g/mol. The van der Waals surface area contributed by atoms with E-state index in [9.17, 15) is 4.79 Å². The van der Waals surface area contributed by atoms with Crippen molar-refractivity contribution in [3.63, 3.8) is 0 Å². The Bertz CT molecular complexity index is 535. The van der Waals surface area contributed by atoms with Crippen molar-refractivity contribution in [2.75, 3.05) is 26.2 Å². The van der Waals surface area contributed by atoms with Gasteiger partial charge in [-0.05, 0) is 44.0 Å². The Hall–Kier alpha value is -1.04. The number of carbonyl (C=O) groups excluding carboxylic acids is 1. The van der Waals surface area contributed by atoms with E-state index in [0.717, 1.165) is 23.6 Å². The highest BCUT2D eigenvalue weighted by Crippen LogP contribution is 2.22. The van der Waals surface area contributed by atoms with Crippen LogP contribution in [0, 0.1) is 6.92 Å². The van der Waals surface area contributed by atoms with Crippen LogP contribution in [0.3, 0.4) is 0 Å². The van der Waals surface area contributed by atoms with Gasteiger partial charge in [-0.25, -0.2) is 0 Å². The molecule has 5 heteroatoms. The average Bonchev–Trinajstić information content (AvgIpc) is 2.94. The minimum atomic E-state index is -0.0458. The number of fused-ring (bicyclic) bond motifs is 1. The van der Waals surface area contributed by atoms with Crippen LogP contribution in [0.2, 0.25) is 0 Å². The monoisotopic (exact) mass is 306 g/mol. The lowest BCUT2D eigenvalue weighted by atomic mass is 10.1. The molecule has 0 saturated carbocycles. The van der Waals surface area contributed by atoms with E-state index in [1.807, 2.05) is 25.1 Å². The SMILES string of the molecule is Cc1ccc(S)cc1C(=O)NCC1CN2CCCC2CO1. The topological polar surface area (TPSA) is 41.6 Å². The molecule has 0 spiro atoms. The number of amides is 1. The summed E-state index contributed by atoms with van der Waals surface area (Å²) in [7, 11) is 0. The first kappa shape index (κ1) is 14.9. The average molecular weight is 306 g/mol. The third kappa shape index (κ3) is 3.42. The maximum Gasteiger partial charge on any atom is 0.251 e. The molecule has 0 aromatic heterocycles. The first-order valence-corrected chi connectivity index (χ1v) is 8.01. The van der Waals surface area contributed by atoms with Gasteiger partial charge in [0, 0.05) is 29.6 Å². The van der Waals surface area contributed by atoms with E-state index in [1.165, 1.54) is 19.4 Å². The van der Waals surface area contributed by atoms with Crippen LogP contribution in [0.4, 0.5) is 0 Å². The zero-order valence-electron chi connectivity index (χ0n) is 12.3. The Morgan fingerprint density at radius 1 is 1.52 bits per heavy atom. The molecule has 21 heavy (non-hydrogen) atoms. The number of aryl methyl sites for hydroxylation is 1. The molecule has 1 aromatic carbocycles. The molecule has 2 aliphatic heterocycles. The largest absolute Gasteiger partial charge is 0.373 e. The highest BCUT2D eigenvalue weighted by molar-refractivity contribution is 7.80. The number of carbonyl (C=O) groups is 1. The summed E-state index contributed by atoms with van der Waals surface area (Å²) in [5.74, 6) is -0.0458. The van der Waals surface area contributed by atoms with Gasteiger partial charge < -0.3 is 10.1 Å². The summed E-state index contributed by atoms with van der Waals surface area (Å²) >= 11 is 4.30. The standard InChI is InChI=1S/C16H22N2O2S/c1-11-4-5-14(21)7-15(11)16(19)17-8-13-9-18-6-2-3-12(18)10-20-13/h4-5,7,12-13,21H,2-3,6,8-10H2,1H3,(H,17,19). The van der Waals surface area contributed by atoms with Crippen LogP contribution in [-0.2, 0) is 4.74 Å². The van der Waals surface area contributed by atoms with Crippen molar-refractivity contribution in [3.05, 3.63) is 29.3 Å². The van der Waals surface area contributed by atoms with Crippen LogP contribution < -0.4 is 5.32 Å². The summed E-state index contributed by atoms with van der Waals surface area (Å²) in [6.45, 7) is 5.40. The van der Waals surface area contributed by atoms with Crippen LogP contribution in [0.1, 0.15) is 28.8 Å². The van der Waals surface area contributed by atoms with Gasteiger partial charge in [-0.3, -0.25) is 9.69 Å². The zero-order valence-corrected chi connectivity index (χ0v) is 13.2. The van der Waals surface area contributed by atoms with Crippen molar-refractivity contribution in [2.45, 2.75) is 36.8 Å². The molecule has 1 amide bonds. The Balaban J connectivity index is 1.55. The number of nitrogens with one attached hydrogen (secondary N) is 1. The van der Waals surface area contributed by atoms with Gasteiger partial charge in [0.15, 0.2) is 0 Å². The fourth-order valence-corrected chi connectivity index (χ4v) is 3.37. The van der Waals surface area contributed by atoms with Gasteiger partial charge in [0.05, 0.1) is 12.7 Å². The summed E-state index contributed by atoms with van der Waals surface area (Å²) < 4.78 is 5.86. The number of thiol groups is 1. The van der Waals surface area contributed by atoms with Crippen molar-refractivity contribution in [1.29, 1.82) is 0 Å². The summed E-state index contributed by atoms with van der Waals surface area (Å²) in [5, 5.41) is 2.99. The van der Waals surface area contributed by atoms with Crippen molar-refractivity contribution >= 4 is 18.5 Å². The molecule has 2 atom stereocenters. The van der Waals surface area contributed by atoms with Crippen LogP contribution in [0.25, 0.3) is 0 Å². The fourth-order valence-electron chi connectivity index (χ4n) is 3.17.